The van der Waals surface area contributed by atoms with Gasteiger partial charge in [0.15, 0.2) is 5.15 Å². The summed E-state index contributed by atoms with van der Waals surface area (Å²) in [6.45, 7) is 4.32. The number of likely N-dealkylation sites (tertiary alicyclic amines) is 2. The Bertz CT molecular complexity index is 806. The van der Waals surface area contributed by atoms with Crippen LogP contribution in [0, 0.1) is 5.92 Å². The van der Waals surface area contributed by atoms with Gasteiger partial charge < -0.3 is 9.64 Å². The summed E-state index contributed by atoms with van der Waals surface area (Å²) in [6, 6.07) is 4.11. The maximum absolute atomic E-state index is 12.9. The van der Waals surface area contributed by atoms with E-state index < -0.39 is 0 Å². The summed E-state index contributed by atoms with van der Waals surface area (Å²) in [5.41, 5.74) is 1.27. The van der Waals surface area contributed by atoms with Gasteiger partial charge >= 0.3 is 0 Å². The highest BCUT2D eigenvalue weighted by molar-refractivity contribution is 6.29. The van der Waals surface area contributed by atoms with Crippen molar-refractivity contribution in [3.8, 4) is 5.88 Å². The summed E-state index contributed by atoms with van der Waals surface area (Å²) in [4.78, 5) is 29.6. The van der Waals surface area contributed by atoms with Crippen LogP contribution in [0.5, 0.6) is 5.88 Å². The Morgan fingerprint density at radius 1 is 1.03 bits per heavy atom. The second-order valence-electron chi connectivity index (χ2n) is 7.73. The fourth-order valence-corrected chi connectivity index (χ4v) is 4.23. The number of halogens is 1. The van der Waals surface area contributed by atoms with Crippen LogP contribution in [0.25, 0.3) is 0 Å². The predicted octanol–water partition coefficient (Wildman–Crippen LogP) is 2.81. The topological polar surface area (TPSA) is 71.5 Å². The first-order valence-corrected chi connectivity index (χ1v) is 10.6. The van der Waals surface area contributed by atoms with Crippen molar-refractivity contribution < 1.29 is 9.53 Å². The highest BCUT2D eigenvalue weighted by Crippen LogP contribution is 2.24. The van der Waals surface area contributed by atoms with Crippen molar-refractivity contribution in [2.45, 2.75) is 38.3 Å². The number of pyridine rings is 1. The van der Waals surface area contributed by atoms with Gasteiger partial charge in [0.1, 0.15) is 6.10 Å². The molecule has 7 nitrogen and oxygen atoms in total. The second-order valence-corrected chi connectivity index (χ2v) is 8.12. The van der Waals surface area contributed by atoms with Gasteiger partial charge in [0.2, 0.25) is 11.8 Å². The first kappa shape index (κ1) is 20.0. The molecule has 0 spiro atoms. The molecule has 2 aliphatic heterocycles. The third-order valence-corrected chi connectivity index (χ3v) is 5.90. The third kappa shape index (κ3) is 5.42. The van der Waals surface area contributed by atoms with Crippen LogP contribution in [0.1, 0.15) is 31.2 Å². The first-order valence-electron chi connectivity index (χ1n) is 10.2. The zero-order valence-electron chi connectivity index (χ0n) is 16.4. The molecule has 8 heteroatoms. The van der Waals surface area contributed by atoms with E-state index in [0.29, 0.717) is 16.9 Å². The molecule has 2 fully saturated rings. The van der Waals surface area contributed by atoms with Crippen LogP contribution in [0.15, 0.2) is 36.9 Å². The molecule has 2 saturated heterocycles. The molecule has 2 aromatic heterocycles. The number of ether oxygens (including phenoxy) is 1. The average molecular weight is 416 g/mol. The normalized spacial score (nSPS) is 19.3. The number of piperidine rings is 2. The zero-order valence-corrected chi connectivity index (χ0v) is 17.2. The lowest BCUT2D eigenvalue weighted by molar-refractivity contribution is -0.139. The number of hydrogen-bond acceptors (Lipinski definition) is 6. The largest absolute Gasteiger partial charge is 0.473 e. The van der Waals surface area contributed by atoms with Gasteiger partial charge in [0.05, 0.1) is 12.4 Å². The number of amides is 1. The quantitative estimate of drug-likeness (QED) is 0.747. The zero-order chi connectivity index (χ0) is 20.1. The second kappa shape index (κ2) is 9.50. The van der Waals surface area contributed by atoms with Crippen molar-refractivity contribution in [2.75, 3.05) is 26.2 Å². The number of rotatable bonds is 5. The molecule has 0 saturated carbocycles. The van der Waals surface area contributed by atoms with Crippen LogP contribution in [-0.4, -0.2) is 62.9 Å². The molecule has 1 amide bonds. The van der Waals surface area contributed by atoms with Crippen molar-refractivity contribution in [3.05, 3.63) is 47.6 Å². The summed E-state index contributed by atoms with van der Waals surface area (Å²) < 4.78 is 5.87. The van der Waals surface area contributed by atoms with Crippen LogP contribution in [0.2, 0.25) is 5.15 Å². The standard InChI is InChI=1S/C21H26ClN5O2/c22-19-13-24-14-20(25-19)29-18-5-11-27(12-6-18)21(28)17-3-9-26(10-4-17)15-16-1-7-23-8-2-16/h1-2,7-8,13-14,17-18H,3-6,9-12,15H2. The molecule has 4 heterocycles. The minimum Gasteiger partial charge on any atom is -0.473 e. The van der Waals surface area contributed by atoms with Gasteiger partial charge in [-0.05, 0) is 43.6 Å². The molecule has 0 bridgehead atoms. The summed E-state index contributed by atoms with van der Waals surface area (Å²) in [7, 11) is 0. The smallest absolute Gasteiger partial charge is 0.234 e. The maximum Gasteiger partial charge on any atom is 0.234 e. The molecule has 2 aliphatic rings. The molecule has 0 radical (unpaired) electrons. The number of carbonyl (C=O) groups is 1. The molecule has 0 N–H and O–H groups in total. The van der Waals surface area contributed by atoms with E-state index in [1.165, 1.54) is 11.8 Å². The minimum absolute atomic E-state index is 0.0500. The molecular weight excluding hydrogens is 390 g/mol. The van der Waals surface area contributed by atoms with E-state index in [1.54, 1.807) is 6.20 Å². The first-order chi connectivity index (χ1) is 14.2. The van der Waals surface area contributed by atoms with E-state index in [9.17, 15) is 4.79 Å². The van der Waals surface area contributed by atoms with Gasteiger partial charge in [0, 0.05) is 50.8 Å². The van der Waals surface area contributed by atoms with Crippen molar-refractivity contribution >= 4 is 17.5 Å². The summed E-state index contributed by atoms with van der Waals surface area (Å²) in [5, 5.41) is 0.324. The number of hydrogen-bond donors (Lipinski definition) is 0. The number of nitrogens with zero attached hydrogens (tertiary/aromatic N) is 5. The number of carbonyl (C=O) groups excluding carboxylic acids is 1. The maximum atomic E-state index is 12.9. The summed E-state index contributed by atoms with van der Waals surface area (Å²) >= 11 is 5.86. The Hall–Kier alpha value is -2.25. The van der Waals surface area contributed by atoms with Crippen molar-refractivity contribution in [2.24, 2.45) is 5.92 Å². The molecular formula is C21H26ClN5O2. The van der Waals surface area contributed by atoms with Gasteiger partial charge in [-0.1, -0.05) is 11.6 Å². The van der Waals surface area contributed by atoms with Gasteiger partial charge in [-0.2, -0.15) is 4.98 Å². The van der Waals surface area contributed by atoms with E-state index in [0.717, 1.165) is 58.4 Å². The molecule has 0 aromatic carbocycles. The minimum atomic E-state index is 0.0500. The fraction of sp³-hybridized carbons (Fsp3) is 0.524. The molecule has 0 aliphatic carbocycles. The molecule has 2 aromatic rings. The van der Waals surface area contributed by atoms with Gasteiger partial charge in [-0.25, -0.2) is 0 Å². The van der Waals surface area contributed by atoms with Crippen LogP contribution in [0.3, 0.4) is 0 Å². The Morgan fingerprint density at radius 3 is 2.45 bits per heavy atom. The molecule has 0 atom stereocenters. The molecule has 154 valence electrons. The Morgan fingerprint density at radius 2 is 1.76 bits per heavy atom. The highest BCUT2D eigenvalue weighted by Gasteiger charge is 2.31. The summed E-state index contributed by atoms with van der Waals surface area (Å²) in [6.07, 6.45) is 10.2. The third-order valence-electron chi connectivity index (χ3n) is 5.72. The van der Waals surface area contributed by atoms with Crippen LogP contribution in [0.4, 0.5) is 0 Å². The Kier molecular flexibility index (Phi) is 6.56. The molecule has 4 rings (SSSR count). The van der Waals surface area contributed by atoms with Crippen LogP contribution in [-0.2, 0) is 11.3 Å². The van der Waals surface area contributed by atoms with E-state index in [2.05, 4.69) is 32.0 Å². The fourth-order valence-electron chi connectivity index (χ4n) is 4.09. The highest BCUT2D eigenvalue weighted by atomic mass is 35.5. The van der Waals surface area contributed by atoms with Crippen molar-refractivity contribution in [3.63, 3.8) is 0 Å². The van der Waals surface area contributed by atoms with Gasteiger partial charge in [-0.3, -0.25) is 19.7 Å². The average Bonchev–Trinajstić information content (AvgIpc) is 2.75. The van der Waals surface area contributed by atoms with Crippen molar-refractivity contribution in [1.82, 2.24) is 24.8 Å². The van der Waals surface area contributed by atoms with Crippen molar-refractivity contribution in [1.29, 1.82) is 0 Å². The summed E-state index contributed by atoms with van der Waals surface area (Å²) in [5.74, 6) is 0.887. The lowest BCUT2D eigenvalue weighted by Gasteiger charge is -2.37. The van der Waals surface area contributed by atoms with Crippen LogP contribution >= 0.6 is 11.6 Å². The van der Waals surface area contributed by atoms with Gasteiger partial charge in [0.25, 0.3) is 0 Å². The predicted molar refractivity (Wildman–Crippen MR) is 110 cm³/mol. The Balaban J connectivity index is 1.21. The SMILES string of the molecule is O=C(C1CCN(Cc2ccncc2)CC1)N1CCC(Oc2cncc(Cl)n2)CC1. The van der Waals surface area contributed by atoms with Gasteiger partial charge in [-0.15, -0.1) is 0 Å². The lowest BCUT2D eigenvalue weighted by Crippen LogP contribution is -2.47. The molecule has 29 heavy (non-hydrogen) atoms. The van der Waals surface area contributed by atoms with Crippen LogP contribution < -0.4 is 4.74 Å². The van der Waals surface area contributed by atoms with E-state index in [4.69, 9.17) is 16.3 Å². The monoisotopic (exact) mass is 415 g/mol. The van der Waals surface area contributed by atoms with E-state index in [1.807, 2.05) is 17.3 Å². The number of aromatic nitrogens is 3. The Labute approximate surface area is 176 Å². The van der Waals surface area contributed by atoms with E-state index >= 15 is 0 Å². The lowest BCUT2D eigenvalue weighted by atomic mass is 9.94. The molecule has 0 unspecified atom stereocenters. The van der Waals surface area contributed by atoms with E-state index in [-0.39, 0.29) is 12.0 Å².